The molecule has 1 aromatic heterocycles. The van der Waals surface area contributed by atoms with E-state index in [2.05, 4.69) is 59.2 Å². The van der Waals surface area contributed by atoms with Crippen molar-refractivity contribution >= 4 is 11.6 Å². The van der Waals surface area contributed by atoms with Crippen molar-refractivity contribution in [3.8, 4) is 0 Å². The summed E-state index contributed by atoms with van der Waals surface area (Å²) in [5.74, 6) is 0.748. The molecule has 0 spiro atoms. The highest BCUT2D eigenvalue weighted by atomic mass is 16.1. The van der Waals surface area contributed by atoms with Crippen LogP contribution in [0.3, 0.4) is 0 Å². The van der Waals surface area contributed by atoms with Crippen LogP contribution in [0.1, 0.15) is 54.5 Å². The Labute approximate surface area is 202 Å². The second kappa shape index (κ2) is 9.98. The van der Waals surface area contributed by atoms with E-state index in [4.69, 9.17) is 4.98 Å². The molecule has 0 unspecified atom stereocenters. The Kier molecular flexibility index (Phi) is 6.63. The number of aryl methyl sites for hydroxylation is 2. The maximum Gasteiger partial charge on any atom is 0.259 e. The van der Waals surface area contributed by atoms with Crippen molar-refractivity contribution in [2.24, 2.45) is 0 Å². The fourth-order valence-electron chi connectivity index (χ4n) is 5.10. The van der Waals surface area contributed by atoms with Gasteiger partial charge in [0.1, 0.15) is 0 Å². The number of nitrogens with zero attached hydrogens (tertiary/aromatic N) is 4. The normalized spacial score (nSPS) is 16.3. The zero-order valence-corrected chi connectivity index (χ0v) is 20.3. The molecule has 0 radical (unpaired) electrons. The molecule has 2 heterocycles. The molecule has 0 saturated heterocycles. The minimum Gasteiger partial charge on any atom is -0.298 e. The van der Waals surface area contributed by atoms with Crippen LogP contribution in [-0.4, -0.2) is 27.7 Å². The van der Waals surface area contributed by atoms with E-state index in [1.807, 2.05) is 29.7 Å². The van der Waals surface area contributed by atoms with Crippen molar-refractivity contribution in [3.63, 3.8) is 0 Å². The molecule has 0 fully saturated rings. The van der Waals surface area contributed by atoms with E-state index in [9.17, 15) is 4.79 Å². The van der Waals surface area contributed by atoms with Gasteiger partial charge >= 0.3 is 0 Å². The van der Waals surface area contributed by atoms with Crippen LogP contribution < -0.4 is 10.5 Å². The molecule has 5 rings (SSSR count). The fraction of sp³-hybridized carbons (Fsp3) is 0.379. The van der Waals surface area contributed by atoms with Crippen LogP contribution in [-0.2, 0) is 13.1 Å². The molecule has 34 heavy (non-hydrogen) atoms. The number of anilines is 2. The monoisotopic (exact) mass is 454 g/mol. The molecule has 1 aliphatic carbocycles. The lowest BCUT2D eigenvalue weighted by Crippen LogP contribution is -2.48. The van der Waals surface area contributed by atoms with Crippen LogP contribution in [0, 0.1) is 13.8 Å². The second-order valence-corrected chi connectivity index (χ2v) is 9.67. The second-order valence-electron chi connectivity index (χ2n) is 9.67. The minimum absolute atomic E-state index is 0.0746. The van der Waals surface area contributed by atoms with Crippen molar-refractivity contribution in [1.29, 1.82) is 0 Å². The van der Waals surface area contributed by atoms with E-state index in [-0.39, 0.29) is 5.56 Å². The molecule has 176 valence electrons. The molecule has 1 aliphatic heterocycles. The molecule has 0 saturated carbocycles. The zero-order valence-electron chi connectivity index (χ0n) is 20.3. The summed E-state index contributed by atoms with van der Waals surface area (Å²) < 4.78 is 1.88. The third kappa shape index (κ3) is 4.85. The molecule has 5 nitrogen and oxygen atoms in total. The molecule has 0 atom stereocenters. The van der Waals surface area contributed by atoms with Gasteiger partial charge in [-0.15, -0.1) is 0 Å². The Bertz CT molecular complexity index is 1240. The summed E-state index contributed by atoms with van der Waals surface area (Å²) in [7, 11) is 0. The van der Waals surface area contributed by atoms with Crippen molar-refractivity contribution in [3.05, 3.63) is 99.0 Å². The number of allylic oxidation sites excluding steroid dienone is 1. The van der Waals surface area contributed by atoms with Crippen LogP contribution in [0.4, 0.5) is 11.6 Å². The van der Waals surface area contributed by atoms with Gasteiger partial charge in [-0.25, -0.2) is 4.98 Å². The summed E-state index contributed by atoms with van der Waals surface area (Å²) >= 11 is 0. The van der Waals surface area contributed by atoms with Gasteiger partial charge < -0.3 is 0 Å². The van der Waals surface area contributed by atoms with E-state index >= 15 is 0 Å². The average molecular weight is 455 g/mol. The molecular weight excluding hydrogens is 420 g/mol. The van der Waals surface area contributed by atoms with E-state index in [1.54, 1.807) is 5.57 Å². The Morgan fingerprint density at radius 1 is 0.971 bits per heavy atom. The number of hydrogen-bond acceptors (Lipinski definition) is 4. The highest BCUT2D eigenvalue weighted by molar-refractivity contribution is 5.59. The Morgan fingerprint density at radius 3 is 2.59 bits per heavy atom. The van der Waals surface area contributed by atoms with Gasteiger partial charge in [0.15, 0.2) is 0 Å². The summed E-state index contributed by atoms with van der Waals surface area (Å²) in [6.45, 7) is 6.34. The maximum atomic E-state index is 13.8. The first-order valence-electron chi connectivity index (χ1n) is 12.5. The van der Waals surface area contributed by atoms with Gasteiger partial charge in [-0.2, -0.15) is 0 Å². The Morgan fingerprint density at radius 2 is 1.82 bits per heavy atom. The largest absolute Gasteiger partial charge is 0.298 e. The van der Waals surface area contributed by atoms with Crippen LogP contribution in [0.15, 0.2) is 71.0 Å². The van der Waals surface area contributed by atoms with E-state index in [0.29, 0.717) is 13.1 Å². The molecule has 2 aliphatic rings. The van der Waals surface area contributed by atoms with Gasteiger partial charge in [-0.1, -0.05) is 54.1 Å². The van der Waals surface area contributed by atoms with Crippen molar-refractivity contribution in [1.82, 2.24) is 14.5 Å². The number of aromatic nitrogens is 2. The first-order chi connectivity index (χ1) is 16.6. The molecule has 5 heteroatoms. The molecular formula is C29H34N4O. The fourth-order valence-corrected chi connectivity index (χ4v) is 5.10. The van der Waals surface area contributed by atoms with Gasteiger partial charge in [0.25, 0.3) is 5.56 Å². The molecule has 0 N–H and O–H groups in total. The number of benzene rings is 2. The number of hydrogen-bond donors (Lipinski definition) is 0. The third-order valence-electron chi connectivity index (χ3n) is 7.04. The summed E-state index contributed by atoms with van der Waals surface area (Å²) in [6, 6.07) is 18.7. The number of fused-ring (bicyclic) bond motifs is 1. The van der Waals surface area contributed by atoms with Gasteiger partial charge in [0.05, 0.1) is 19.0 Å². The average Bonchev–Trinajstić information content (AvgIpc) is 2.86. The maximum absolute atomic E-state index is 13.8. The van der Waals surface area contributed by atoms with Crippen molar-refractivity contribution < 1.29 is 0 Å². The molecule has 2 aromatic carbocycles. The lowest BCUT2D eigenvalue weighted by Gasteiger charge is -2.38. The van der Waals surface area contributed by atoms with Crippen LogP contribution >= 0.6 is 0 Å². The lowest BCUT2D eigenvalue weighted by molar-refractivity contribution is 0.199. The SMILES string of the molecule is Cc1cccc(N2CN(CCC3=CCCCC3)Cn3c2nc(C)c(Cc2ccccc2)c3=O)c1. The van der Waals surface area contributed by atoms with Crippen molar-refractivity contribution in [2.45, 2.75) is 59.0 Å². The summed E-state index contributed by atoms with van der Waals surface area (Å²) in [6.07, 6.45) is 9.14. The summed E-state index contributed by atoms with van der Waals surface area (Å²) in [5, 5.41) is 0. The predicted octanol–water partition coefficient (Wildman–Crippen LogP) is 5.71. The third-order valence-corrected chi connectivity index (χ3v) is 7.04. The Hall–Kier alpha value is -3.18. The molecule has 0 amide bonds. The van der Waals surface area contributed by atoms with Gasteiger partial charge in [-0.3, -0.25) is 19.2 Å². The summed E-state index contributed by atoms with van der Waals surface area (Å²) in [5.41, 5.74) is 6.67. The first-order valence-corrected chi connectivity index (χ1v) is 12.5. The van der Waals surface area contributed by atoms with Gasteiger partial charge in [-0.05, 0) is 69.2 Å². The quantitative estimate of drug-likeness (QED) is 0.447. The van der Waals surface area contributed by atoms with E-state index in [0.717, 1.165) is 48.1 Å². The predicted molar refractivity (Wildman–Crippen MR) is 139 cm³/mol. The standard InChI is InChI=1S/C29H34N4O/c1-22-10-9-15-26(18-22)32-20-31(17-16-24-11-5-3-6-12-24)21-33-28(34)27(23(2)30-29(32)33)19-25-13-7-4-8-14-25/h4,7-11,13-15,18H,3,5-6,12,16-17,19-21H2,1-2H3. The summed E-state index contributed by atoms with van der Waals surface area (Å²) in [4.78, 5) is 23.4. The van der Waals surface area contributed by atoms with Crippen LogP contribution in [0.2, 0.25) is 0 Å². The van der Waals surface area contributed by atoms with E-state index < -0.39 is 0 Å². The molecule has 0 bridgehead atoms. The number of rotatable bonds is 6. The van der Waals surface area contributed by atoms with E-state index in [1.165, 1.54) is 31.2 Å². The highest BCUT2D eigenvalue weighted by Crippen LogP contribution is 2.29. The smallest absolute Gasteiger partial charge is 0.259 e. The zero-order chi connectivity index (χ0) is 23.5. The topological polar surface area (TPSA) is 41.4 Å². The van der Waals surface area contributed by atoms with Crippen LogP contribution in [0.5, 0.6) is 0 Å². The Balaban J connectivity index is 1.51. The molecule has 3 aromatic rings. The first kappa shape index (κ1) is 22.6. The lowest BCUT2D eigenvalue weighted by atomic mass is 9.97. The van der Waals surface area contributed by atoms with Gasteiger partial charge in [0, 0.05) is 24.2 Å². The minimum atomic E-state index is 0.0746. The highest BCUT2D eigenvalue weighted by Gasteiger charge is 2.28. The van der Waals surface area contributed by atoms with Gasteiger partial charge in [0.2, 0.25) is 5.95 Å². The van der Waals surface area contributed by atoms with Crippen LogP contribution in [0.25, 0.3) is 0 Å². The van der Waals surface area contributed by atoms with Crippen molar-refractivity contribution in [2.75, 3.05) is 18.1 Å².